The van der Waals surface area contributed by atoms with Crippen LogP contribution in [0.25, 0.3) is 0 Å². The monoisotopic (exact) mass is 400 g/mol. The van der Waals surface area contributed by atoms with Crippen molar-refractivity contribution < 1.29 is 28.4 Å². The molecule has 0 saturated heterocycles. The van der Waals surface area contributed by atoms with Crippen LogP contribution in [-0.2, 0) is 23.7 Å². The Labute approximate surface area is 168 Å². The van der Waals surface area contributed by atoms with Gasteiger partial charge in [0.2, 0.25) is 0 Å². The van der Waals surface area contributed by atoms with Crippen molar-refractivity contribution in [3.63, 3.8) is 0 Å². The van der Waals surface area contributed by atoms with E-state index in [1.165, 1.54) is 0 Å². The maximum atomic E-state index is 5.61. The number of nitrogen functional groups attached to an aromatic ring is 1. The maximum Gasteiger partial charge on any atom is 0.119 e. The van der Waals surface area contributed by atoms with Crippen LogP contribution in [0.4, 0.5) is 5.69 Å². The van der Waals surface area contributed by atoms with Gasteiger partial charge in [0.25, 0.3) is 0 Å². The first-order valence-electron chi connectivity index (χ1n) is 9.70. The number of nitrogens with zero attached hydrogens (tertiary/aromatic N) is 1. The van der Waals surface area contributed by atoms with Crippen LogP contribution in [-0.4, -0.2) is 98.2 Å². The van der Waals surface area contributed by atoms with Crippen molar-refractivity contribution in [3.05, 3.63) is 24.3 Å². The molecular formula is C20H36N2O6. The van der Waals surface area contributed by atoms with E-state index < -0.39 is 0 Å². The molecule has 0 atom stereocenters. The molecule has 0 aliphatic carbocycles. The van der Waals surface area contributed by atoms with Crippen molar-refractivity contribution in [2.24, 2.45) is 0 Å². The molecule has 0 aliphatic heterocycles. The van der Waals surface area contributed by atoms with Crippen molar-refractivity contribution in [1.82, 2.24) is 4.90 Å². The average molecular weight is 401 g/mol. The molecule has 2 N–H and O–H groups in total. The minimum absolute atomic E-state index is 0.494. The van der Waals surface area contributed by atoms with Gasteiger partial charge in [0, 0.05) is 12.2 Å². The third-order valence-corrected chi connectivity index (χ3v) is 3.55. The molecule has 0 saturated carbocycles. The second kappa shape index (κ2) is 17.7. The van der Waals surface area contributed by atoms with Gasteiger partial charge in [-0.25, -0.2) is 0 Å². The van der Waals surface area contributed by atoms with Crippen molar-refractivity contribution in [1.29, 1.82) is 0 Å². The molecule has 28 heavy (non-hydrogen) atoms. The molecule has 0 amide bonds. The molecule has 1 aromatic carbocycles. The highest BCUT2D eigenvalue weighted by atomic mass is 16.6. The Morgan fingerprint density at radius 3 is 1.43 bits per heavy atom. The number of anilines is 1. The number of hydrogen-bond acceptors (Lipinski definition) is 8. The average Bonchev–Trinajstić information content (AvgIpc) is 2.68. The zero-order valence-electron chi connectivity index (χ0n) is 17.3. The van der Waals surface area contributed by atoms with Crippen molar-refractivity contribution in [2.45, 2.75) is 0 Å². The van der Waals surface area contributed by atoms with Crippen molar-refractivity contribution >= 4 is 5.69 Å². The standard InChI is InChI=1S/C20H36N2O6/c1-22(2)7-8-23-9-10-24-11-12-25-13-14-26-15-16-27-17-18-28-20-5-3-19(21)4-6-20/h3-6H,7-18,21H2,1-2H3. The molecule has 0 aromatic heterocycles. The molecule has 8 nitrogen and oxygen atoms in total. The smallest absolute Gasteiger partial charge is 0.119 e. The van der Waals surface area contributed by atoms with E-state index in [9.17, 15) is 0 Å². The van der Waals surface area contributed by atoms with Crippen LogP contribution >= 0.6 is 0 Å². The van der Waals surface area contributed by atoms with Crippen LogP contribution in [0.5, 0.6) is 5.75 Å². The van der Waals surface area contributed by atoms with E-state index in [2.05, 4.69) is 4.90 Å². The van der Waals surface area contributed by atoms with E-state index in [0.29, 0.717) is 66.1 Å². The summed E-state index contributed by atoms with van der Waals surface area (Å²) in [6.45, 7) is 7.13. The lowest BCUT2D eigenvalue weighted by Crippen LogP contribution is -2.19. The number of ether oxygens (including phenoxy) is 6. The summed E-state index contributed by atoms with van der Waals surface area (Å²) in [7, 11) is 4.04. The van der Waals surface area contributed by atoms with E-state index in [0.717, 1.165) is 24.6 Å². The molecule has 0 bridgehead atoms. The first-order chi connectivity index (χ1) is 13.7. The predicted octanol–water partition coefficient (Wildman–Crippen LogP) is 1.29. The van der Waals surface area contributed by atoms with Crippen LogP contribution < -0.4 is 10.5 Å². The largest absolute Gasteiger partial charge is 0.491 e. The summed E-state index contributed by atoms with van der Waals surface area (Å²) in [6.07, 6.45) is 0. The highest BCUT2D eigenvalue weighted by molar-refractivity contribution is 5.41. The number of hydrogen-bond donors (Lipinski definition) is 1. The van der Waals surface area contributed by atoms with Crippen LogP contribution in [0.15, 0.2) is 24.3 Å². The van der Waals surface area contributed by atoms with Crippen LogP contribution in [0, 0.1) is 0 Å². The summed E-state index contributed by atoms with van der Waals surface area (Å²) >= 11 is 0. The van der Waals surface area contributed by atoms with Gasteiger partial charge >= 0.3 is 0 Å². The zero-order chi connectivity index (χ0) is 20.3. The Hall–Kier alpha value is -1.42. The zero-order valence-corrected chi connectivity index (χ0v) is 17.3. The molecule has 0 radical (unpaired) electrons. The topological polar surface area (TPSA) is 84.6 Å². The maximum absolute atomic E-state index is 5.61. The van der Waals surface area contributed by atoms with Gasteiger partial charge in [0.15, 0.2) is 0 Å². The molecule has 162 valence electrons. The summed E-state index contributed by atoms with van der Waals surface area (Å²) in [4.78, 5) is 2.08. The summed E-state index contributed by atoms with van der Waals surface area (Å²) < 4.78 is 32.7. The van der Waals surface area contributed by atoms with Crippen molar-refractivity contribution in [2.75, 3.05) is 99.0 Å². The van der Waals surface area contributed by atoms with E-state index >= 15 is 0 Å². The Balaban J connectivity index is 1.71. The fourth-order valence-electron chi connectivity index (χ4n) is 2.01. The van der Waals surface area contributed by atoms with Crippen LogP contribution in [0.2, 0.25) is 0 Å². The molecule has 0 spiro atoms. The quantitative estimate of drug-likeness (QED) is 0.275. The molecule has 8 heteroatoms. The minimum Gasteiger partial charge on any atom is -0.491 e. The van der Waals surface area contributed by atoms with E-state index in [-0.39, 0.29) is 0 Å². The molecular weight excluding hydrogens is 364 g/mol. The first kappa shape index (κ1) is 24.6. The number of benzene rings is 1. The lowest BCUT2D eigenvalue weighted by atomic mass is 10.3. The second-order valence-corrected chi connectivity index (χ2v) is 6.28. The molecule has 1 rings (SSSR count). The third kappa shape index (κ3) is 15.6. The van der Waals surface area contributed by atoms with Crippen LogP contribution in [0.1, 0.15) is 0 Å². The fraction of sp³-hybridized carbons (Fsp3) is 0.700. The molecule has 0 aliphatic rings. The molecule has 1 aromatic rings. The minimum atomic E-state index is 0.494. The second-order valence-electron chi connectivity index (χ2n) is 6.28. The molecule has 0 heterocycles. The summed E-state index contributed by atoms with van der Waals surface area (Å²) in [5, 5.41) is 0. The lowest BCUT2D eigenvalue weighted by molar-refractivity contribution is -0.0132. The Kier molecular flexibility index (Phi) is 15.5. The van der Waals surface area contributed by atoms with Gasteiger partial charge < -0.3 is 39.1 Å². The highest BCUT2D eigenvalue weighted by Gasteiger charge is 1.96. The number of rotatable bonds is 19. The Bertz CT molecular complexity index is 459. The summed E-state index contributed by atoms with van der Waals surface area (Å²) in [5.74, 6) is 0.784. The highest BCUT2D eigenvalue weighted by Crippen LogP contribution is 2.12. The van der Waals surface area contributed by atoms with Gasteiger partial charge in [-0.1, -0.05) is 0 Å². The molecule has 0 unspecified atom stereocenters. The fourth-order valence-corrected chi connectivity index (χ4v) is 2.01. The summed E-state index contributed by atoms with van der Waals surface area (Å²) in [6, 6.07) is 7.29. The SMILES string of the molecule is CN(C)CCOCCOCCOCCOCCOCCOc1ccc(N)cc1. The van der Waals surface area contributed by atoms with Gasteiger partial charge in [0.05, 0.1) is 66.1 Å². The normalized spacial score (nSPS) is 11.2. The van der Waals surface area contributed by atoms with E-state index in [4.69, 9.17) is 34.2 Å². The first-order valence-corrected chi connectivity index (χ1v) is 9.70. The third-order valence-electron chi connectivity index (χ3n) is 3.55. The number of likely N-dealkylation sites (N-methyl/N-ethyl adjacent to an activating group) is 1. The number of nitrogens with two attached hydrogens (primary N) is 1. The Morgan fingerprint density at radius 2 is 1.00 bits per heavy atom. The summed E-state index contributed by atoms with van der Waals surface area (Å²) in [5.41, 5.74) is 6.33. The van der Waals surface area contributed by atoms with Gasteiger partial charge in [0.1, 0.15) is 12.4 Å². The van der Waals surface area contributed by atoms with Crippen LogP contribution in [0.3, 0.4) is 0 Å². The van der Waals surface area contributed by atoms with Gasteiger partial charge in [-0.15, -0.1) is 0 Å². The predicted molar refractivity (Wildman–Crippen MR) is 109 cm³/mol. The van der Waals surface area contributed by atoms with E-state index in [1.807, 2.05) is 26.2 Å². The Morgan fingerprint density at radius 1 is 0.607 bits per heavy atom. The lowest BCUT2D eigenvalue weighted by Gasteiger charge is -2.10. The van der Waals surface area contributed by atoms with Gasteiger partial charge in [-0.2, -0.15) is 0 Å². The van der Waals surface area contributed by atoms with Gasteiger partial charge in [-0.05, 0) is 38.4 Å². The van der Waals surface area contributed by atoms with Crippen molar-refractivity contribution in [3.8, 4) is 5.75 Å². The van der Waals surface area contributed by atoms with Gasteiger partial charge in [-0.3, -0.25) is 0 Å². The molecule has 0 fully saturated rings. The van der Waals surface area contributed by atoms with E-state index in [1.54, 1.807) is 12.1 Å².